The third-order valence-electron chi connectivity index (χ3n) is 3.93. The Morgan fingerprint density at radius 3 is 2.21 bits per heavy atom. The van der Waals surface area contributed by atoms with E-state index in [1.54, 1.807) is 11.8 Å². The molecule has 2 nitrogen and oxygen atoms in total. The number of carbonyl (C=O) groups is 1. The van der Waals surface area contributed by atoms with Crippen molar-refractivity contribution >= 4 is 17.7 Å². The highest BCUT2D eigenvalue weighted by Gasteiger charge is 2.20. The van der Waals surface area contributed by atoms with Gasteiger partial charge in [-0.2, -0.15) is 0 Å². The Morgan fingerprint density at radius 1 is 1.00 bits per heavy atom. The minimum absolute atomic E-state index is 0.0692. The molecule has 0 saturated carbocycles. The fourth-order valence-corrected chi connectivity index (χ4v) is 3.48. The molecule has 0 aliphatic carbocycles. The first kappa shape index (κ1) is 18.6. The van der Waals surface area contributed by atoms with Gasteiger partial charge in [0.05, 0.1) is 11.3 Å². The van der Waals surface area contributed by atoms with Crippen LogP contribution in [0.25, 0.3) is 0 Å². The maximum Gasteiger partial charge on any atom is 0.233 e. The quantitative estimate of drug-likeness (QED) is 0.685. The van der Waals surface area contributed by atoms with Crippen molar-refractivity contribution in [3.05, 3.63) is 65.7 Å². The van der Waals surface area contributed by atoms with Gasteiger partial charge in [-0.15, -0.1) is 11.8 Å². The van der Waals surface area contributed by atoms with Crippen LogP contribution in [0, 0.1) is 12.8 Å². The Labute approximate surface area is 150 Å². The highest BCUT2D eigenvalue weighted by atomic mass is 32.2. The lowest BCUT2D eigenvalue weighted by atomic mass is 9.97. The predicted molar refractivity (Wildman–Crippen MR) is 103 cm³/mol. The topological polar surface area (TPSA) is 29.1 Å². The number of nitrogens with one attached hydrogen (secondary N) is 1. The molecule has 1 N–H and O–H groups in total. The second kappa shape index (κ2) is 8.93. The molecule has 0 bridgehead atoms. The van der Waals surface area contributed by atoms with E-state index in [-0.39, 0.29) is 17.2 Å². The van der Waals surface area contributed by atoms with Gasteiger partial charge < -0.3 is 5.32 Å². The number of aryl methyl sites for hydroxylation is 1. The van der Waals surface area contributed by atoms with Crippen molar-refractivity contribution in [3.8, 4) is 0 Å². The van der Waals surface area contributed by atoms with Crippen LogP contribution in [0.2, 0.25) is 0 Å². The zero-order chi connectivity index (χ0) is 17.5. The molecule has 0 aromatic heterocycles. The number of rotatable bonds is 7. The van der Waals surface area contributed by atoms with Gasteiger partial charge in [0, 0.05) is 4.90 Å². The first-order chi connectivity index (χ1) is 11.5. The molecule has 0 fully saturated rings. The summed E-state index contributed by atoms with van der Waals surface area (Å²) >= 11 is 1.60. The van der Waals surface area contributed by atoms with Crippen molar-refractivity contribution in [2.24, 2.45) is 5.92 Å². The van der Waals surface area contributed by atoms with E-state index < -0.39 is 0 Å². The molecule has 0 spiro atoms. The number of hydrogen-bond donors (Lipinski definition) is 1. The van der Waals surface area contributed by atoms with Crippen LogP contribution in [0.3, 0.4) is 0 Å². The molecule has 0 aliphatic heterocycles. The number of benzene rings is 2. The first-order valence-electron chi connectivity index (χ1n) is 8.54. The van der Waals surface area contributed by atoms with Crippen molar-refractivity contribution in [2.75, 3.05) is 0 Å². The lowest BCUT2D eigenvalue weighted by Gasteiger charge is -2.23. The minimum atomic E-state index is -0.119. The normalized spacial score (nSPS) is 13.5. The summed E-state index contributed by atoms with van der Waals surface area (Å²) in [4.78, 5) is 13.8. The van der Waals surface area contributed by atoms with Gasteiger partial charge in [-0.3, -0.25) is 4.79 Å². The number of carbonyl (C=O) groups excluding carboxylic acids is 1. The van der Waals surface area contributed by atoms with E-state index >= 15 is 0 Å². The molecule has 2 aromatic rings. The summed E-state index contributed by atoms with van der Waals surface area (Å²) in [6, 6.07) is 18.6. The molecule has 1 amide bonds. The van der Waals surface area contributed by atoms with E-state index in [1.807, 2.05) is 25.1 Å². The van der Waals surface area contributed by atoms with E-state index in [2.05, 4.69) is 62.5 Å². The smallest absolute Gasteiger partial charge is 0.233 e. The average molecular weight is 342 g/mol. The van der Waals surface area contributed by atoms with Gasteiger partial charge in [0.2, 0.25) is 5.91 Å². The van der Waals surface area contributed by atoms with Crippen LogP contribution in [0.15, 0.2) is 59.5 Å². The molecular weight excluding hydrogens is 314 g/mol. The fourth-order valence-electron chi connectivity index (χ4n) is 2.60. The van der Waals surface area contributed by atoms with E-state index in [9.17, 15) is 4.79 Å². The molecule has 0 heterocycles. The molecule has 128 valence electrons. The van der Waals surface area contributed by atoms with Crippen LogP contribution in [0.1, 0.15) is 44.4 Å². The van der Waals surface area contributed by atoms with Crippen LogP contribution >= 0.6 is 11.8 Å². The summed E-state index contributed by atoms with van der Waals surface area (Å²) in [5, 5.41) is 3.12. The van der Waals surface area contributed by atoms with E-state index in [0.717, 1.165) is 11.3 Å². The van der Waals surface area contributed by atoms with Crippen LogP contribution in [-0.2, 0) is 4.79 Å². The number of thioether (sulfide) groups is 1. The lowest BCUT2D eigenvalue weighted by Crippen LogP contribution is -2.35. The second-order valence-electron chi connectivity index (χ2n) is 6.67. The molecule has 3 heteroatoms. The van der Waals surface area contributed by atoms with Gasteiger partial charge in [-0.1, -0.05) is 61.9 Å². The monoisotopic (exact) mass is 341 g/mol. The Bertz CT molecular complexity index is 637. The van der Waals surface area contributed by atoms with E-state index in [0.29, 0.717) is 5.92 Å². The van der Waals surface area contributed by atoms with Gasteiger partial charge in [-0.25, -0.2) is 0 Å². The largest absolute Gasteiger partial charge is 0.348 e. The Balaban J connectivity index is 2.02. The molecule has 2 atom stereocenters. The van der Waals surface area contributed by atoms with Gasteiger partial charge >= 0.3 is 0 Å². The summed E-state index contributed by atoms with van der Waals surface area (Å²) < 4.78 is 0. The molecule has 0 radical (unpaired) electrons. The summed E-state index contributed by atoms with van der Waals surface area (Å²) in [5.41, 5.74) is 2.41. The van der Waals surface area contributed by atoms with Crippen LogP contribution in [-0.4, -0.2) is 11.2 Å². The summed E-state index contributed by atoms with van der Waals surface area (Å²) in [6.45, 7) is 8.41. The maximum atomic E-state index is 12.6. The van der Waals surface area contributed by atoms with Crippen molar-refractivity contribution in [2.45, 2.75) is 50.3 Å². The summed E-state index contributed by atoms with van der Waals surface area (Å²) in [7, 11) is 0. The standard InChI is InChI=1S/C21H27NOS/c1-15(2)14-20(18-8-6-5-7-9-18)22-21(23)17(4)24-19-12-10-16(3)11-13-19/h5-13,15,17,20H,14H2,1-4H3,(H,22,23)/t17-,20+/m0/s1. The van der Waals surface area contributed by atoms with Gasteiger partial charge in [0.1, 0.15) is 0 Å². The van der Waals surface area contributed by atoms with Crippen LogP contribution < -0.4 is 5.32 Å². The van der Waals surface area contributed by atoms with Gasteiger partial charge in [0.25, 0.3) is 0 Å². The molecule has 0 saturated heterocycles. The number of hydrogen-bond acceptors (Lipinski definition) is 2. The SMILES string of the molecule is Cc1ccc(S[C@@H](C)C(=O)N[C@H](CC(C)C)c2ccccc2)cc1. The van der Waals surface area contributed by atoms with Crippen molar-refractivity contribution < 1.29 is 4.79 Å². The predicted octanol–water partition coefficient (Wildman–Crippen LogP) is 5.38. The molecule has 2 aromatic carbocycles. The van der Waals surface area contributed by atoms with Crippen molar-refractivity contribution in [3.63, 3.8) is 0 Å². The zero-order valence-corrected chi connectivity index (χ0v) is 15.8. The van der Waals surface area contributed by atoms with Crippen LogP contribution in [0.4, 0.5) is 0 Å². The zero-order valence-electron chi connectivity index (χ0n) is 15.0. The van der Waals surface area contributed by atoms with E-state index in [4.69, 9.17) is 0 Å². The molecule has 2 rings (SSSR count). The highest BCUT2D eigenvalue weighted by molar-refractivity contribution is 8.00. The van der Waals surface area contributed by atoms with Crippen LogP contribution in [0.5, 0.6) is 0 Å². The molecule has 0 unspecified atom stereocenters. The summed E-state index contributed by atoms with van der Waals surface area (Å²) in [6.07, 6.45) is 0.942. The third kappa shape index (κ3) is 5.72. The minimum Gasteiger partial charge on any atom is -0.348 e. The average Bonchev–Trinajstić information content (AvgIpc) is 2.56. The lowest BCUT2D eigenvalue weighted by molar-refractivity contribution is -0.121. The first-order valence-corrected chi connectivity index (χ1v) is 9.42. The summed E-state index contributed by atoms with van der Waals surface area (Å²) in [5.74, 6) is 0.616. The maximum absolute atomic E-state index is 12.6. The van der Waals surface area contributed by atoms with E-state index in [1.165, 1.54) is 11.1 Å². The van der Waals surface area contributed by atoms with Crippen molar-refractivity contribution in [1.29, 1.82) is 0 Å². The van der Waals surface area contributed by atoms with Gasteiger partial charge in [-0.05, 0) is 43.9 Å². The Hall–Kier alpha value is -1.74. The molecule has 0 aliphatic rings. The molecular formula is C21H27NOS. The Morgan fingerprint density at radius 2 is 1.62 bits per heavy atom. The molecule has 24 heavy (non-hydrogen) atoms. The number of amides is 1. The Kier molecular flexibility index (Phi) is 6.92. The van der Waals surface area contributed by atoms with Gasteiger partial charge in [0.15, 0.2) is 0 Å². The highest BCUT2D eigenvalue weighted by Crippen LogP contribution is 2.26. The third-order valence-corrected chi connectivity index (χ3v) is 5.04. The van der Waals surface area contributed by atoms with Crippen molar-refractivity contribution in [1.82, 2.24) is 5.32 Å². The second-order valence-corrected chi connectivity index (χ2v) is 8.09. The fraction of sp³-hybridized carbons (Fsp3) is 0.381.